The van der Waals surface area contributed by atoms with Gasteiger partial charge in [-0.15, -0.1) is 12.6 Å². The van der Waals surface area contributed by atoms with E-state index in [1.165, 1.54) is 7.11 Å². The summed E-state index contributed by atoms with van der Waals surface area (Å²) in [5, 5.41) is 9.08. The largest absolute Gasteiger partial charge is 0.469 e. The molecular formula is C10H8ClNO2S. The number of hydrogen-bond donors (Lipinski definition) is 1. The summed E-state index contributed by atoms with van der Waals surface area (Å²) in [6, 6.07) is 5.02. The van der Waals surface area contributed by atoms with Crippen LogP contribution in [0.15, 0.2) is 17.0 Å². The molecule has 0 N–H and O–H groups in total. The first-order chi connectivity index (χ1) is 7.08. The number of methoxy groups -OCH3 is 1. The van der Waals surface area contributed by atoms with E-state index in [0.29, 0.717) is 21.0 Å². The van der Waals surface area contributed by atoms with Gasteiger partial charge in [0.15, 0.2) is 0 Å². The second-order valence-corrected chi connectivity index (χ2v) is 3.71. The number of carbonyl (C=O) groups excluding carboxylic acids is 1. The van der Waals surface area contributed by atoms with Crippen molar-refractivity contribution in [3.8, 4) is 6.07 Å². The van der Waals surface area contributed by atoms with E-state index in [9.17, 15) is 4.79 Å². The predicted molar refractivity (Wildman–Crippen MR) is 59.1 cm³/mol. The van der Waals surface area contributed by atoms with Gasteiger partial charge in [0.1, 0.15) is 6.07 Å². The van der Waals surface area contributed by atoms with Crippen LogP contribution in [0.5, 0.6) is 0 Å². The lowest BCUT2D eigenvalue weighted by atomic mass is 10.1. The molecule has 0 atom stereocenters. The Morgan fingerprint density at radius 3 is 2.87 bits per heavy atom. The summed E-state index contributed by atoms with van der Waals surface area (Å²) in [6.07, 6.45) is 0.0845. The zero-order valence-corrected chi connectivity index (χ0v) is 9.60. The molecule has 78 valence electrons. The minimum Gasteiger partial charge on any atom is -0.469 e. The van der Waals surface area contributed by atoms with Gasteiger partial charge < -0.3 is 4.74 Å². The van der Waals surface area contributed by atoms with Crippen molar-refractivity contribution in [1.82, 2.24) is 0 Å². The van der Waals surface area contributed by atoms with Crippen LogP contribution in [0.2, 0.25) is 5.02 Å². The highest BCUT2D eigenvalue weighted by molar-refractivity contribution is 7.80. The quantitative estimate of drug-likeness (QED) is 0.638. The Morgan fingerprint density at radius 1 is 1.67 bits per heavy atom. The zero-order valence-electron chi connectivity index (χ0n) is 7.95. The van der Waals surface area contributed by atoms with Crippen LogP contribution in [0.4, 0.5) is 0 Å². The number of nitrogens with zero attached hydrogens (tertiary/aromatic N) is 1. The Kier molecular flexibility index (Phi) is 4.01. The average molecular weight is 242 g/mol. The van der Waals surface area contributed by atoms with Crippen molar-refractivity contribution in [1.29, 1.82) is 5.26 Å². The standard InChI is InChI=1S/C10H8ClNO2S/c1-14-10(13)3-6-2-7(5-12)8(11)4-9(6)15/h2,4,15H,3H2,1H3. The minimum absolute atomic E-state index is 0.0845. The molecule has 0 aliphatic rings. The van der Waals surface area contributed by atoms with Crippen LogP contribution in [0.1, 0.15) is 11.1 Å². The molecule has 0 radical (unpaired) electrons. The van der Waals surface area contributed by atoms with E-state index in [-0.39, 0.29) is 12.4 Å². The SMILES string of the molecule is COC(=O)Cc1cc(C#N)c(Cl)cc1S. The van der Waals surface area contributed by atoms with E-state index in [2.05, 4.69) is 17.4 Å². The summed E-state index contributed by atoms with van der Waals surface area (Å²) in [4.78, 5) is 11.6. The Labute approximate surface area is 98.0 Å². The molecule has 0 amide bonds. The summed E-state index contributed by atoms with van der Waals surface area (Å²) >= 11 is 9.95. The van der Waals surface area contributed by atoms with E-state index in [4.69, 9.17) is 16.9 Å². The average Bonchev–Trinajstić information content (AvgIpc) is 2.21. The molecule has 1 aromatic rings. The van der Waals surface area contributed by atoms with Crippen LogP contribution in [0.3, 0.4) is 0 Å². The molecular weight excluding hydrogens is 234 g/mol. The first-order valence-electron chi connectivity index (χ1n) is 4.06. The third kappa shape index (κ3) is 2.88. The van der Waals surface area contributed by atoms with Crippen molar-refractivity contribution >= 4 is 30.2 Å². The predicted octanol–water partition coefficient (Wildman–Crippen LogP) is 2.22. The molecule has 0 heterocycles. The lowest BCUT2D eigenvalue weighted by Crippen LogP contribution is -2.05. The number of rotatable bonds is 2. The van der Waals surface area contributed by atoms with E-state index < -0.39 is 0 Å². The van der Waals surface area contributed by atoms with Crippen molar-refractivity contribution in [2.75, 3.05) is 7.11 Å². The van der Waals surface area contributed by atoms with Gasteiger partial charge in [0, 0.05) is 4.90 Å². The molecule has 0 saturated heterocycles. The smallest absolute Gasteiger partial charge is 0.310 e. The van der Waals surface area contributed by atoms with Gasteiger partial charge in [0.2, 0.25) is 0 Å². The molecule has 1 rings (SSSR count). The number of nitriles is 1. The van der Waals surface area contributed by atoms with Crippen LogP contribution in [-0.4, -0.2) is 13.1 Å². The maximum atomic E-state index is 11.0. The van der Waals surface area contributed by atoms with Crippen molar-refractivity contribution in [3.63, 3.8) is 0 Å². The van der Waals surface area contributed by atoms with E-state index in [1.807, 2.05) is 6.07 Å². The van der Waals surface area contributed by atoms with Crippen molar-refractivity contribution in [2.45, 2.75) is 11.3 Å². The number of carbonyl (C=O) groups is 1. The van der Waals surface area contributed by atoms with Crippen molar-refractivity contribution in [3.05, 3.63) is 28.3 Å². The Balaban J connectivity index is 3.09. The topological polar surface area (TPSA) is 50.1 Å². The highest BCUT2D eigenvalue weighted by Crippen LogP contribution is 2.24. The normalized spacial score (nSPS) is 9.47. The van der Waals surface area contributed by atoms with Gasteiger partial charge in [-0.3, -0.25) is 4.79 Å². The molecule has 5 heteroatoms. The summed E-state index contributed by atoms with van der Waals surface area (Å²) in [6.45, 7) is 0. The van der Waals surface area contributed by atoms with Gasteiger partial charge in [-0.25, -0.2) is 0 Å². The molecule has 3 nitrogen and oxygen atoms in total. The van der Waals surface area contributed by atoms with Crippen LogP contribution >= 0.6 is 24.2 Å². The Bertz CT molecular complexity index is 440. The Morgan fingerprint density at radius 2 is 2.33 bits per heavy atom. The first-order valence-corrected chi connectivity index (χ1v) is 4.89. The highest BCUT2D eigenvalue weighted by atomic mass is 35.5. The minimum atomic E-state index is -0.378. The second kappa shape index (κ2) is 5.06. The highest BCUT2D eigenvalue weighted by Gasteiger charge is 2.10. The number of ether oxygens (including phenoxy) is 1. The Hall–Kier alpha value is -1.18. The molecule has 0 unspecified atom stereocenters. The number of halogens is 1. The molecule has 0 aromatic heterocycles. The van der Waals surface area contributed by atoms with Crippen molar-refractivity contribution in [2.24, 2.45) is 0 Å². The monoisotopic (exact) mass is 241 g/mol. The third-order valence-corrected chi connectivity index (χ3v) is 2.58. The summed E-state index contributed by atoms with van der Waals surface area (Å²) in [5.41, 5.74) is 0.958. The first kappa shape index (κ1) is 11.9. The fourth-order valence-corrected chi connectivity index (χ4v) is 1.62. The lowest BCUT2D eigenvalue weighted by Gasteiger charge is -2.05. The molecule has 0 aliphatic carbocycles. The van der Waals surface area contributed by atoms with Crippen LogP contribution < -0.4 is 0 Å². The molecule has 0 bridgehead atoms. The molecule has 15 heavy (non-hydrogen) atoms. The van der Waals surface area contributed by atoms with E-state index >= 15 is 0 Å². The molecule has 0 spiro atoms. The molecule has 0 saturated carbocycles. The maximum Gasteiger partial charge on any atom is 0.310 e. The lowest BCUT2D eigenvalue weighted by molar-refractivity contribution is -0.139. The maximum absolute atomic E-state index is 11.0. The van der Waals surface area contributed by atoms with Gasteiger partial charge in [-0.2, -0.15) is 5.26 Å². The molecule has 0 aliphatic heterocycles. The summed E-state index contributed by atoms with van der Waals surface area (Å²) < 4.78 is 4.52. The second-order valence-electron chi connectivity index (χ2n) is 2.83. The van der Waals surface area contributed by atoms with Gasteiger partial charge >= 0.3 is 5.97 Å². The number of thiol groups is 1. The van der Waals surface area contributed by atoms with Gasteiger partial charge in [-0.1, -0.05) is 11.6 Å². The van der Waals surface area contributed by atoms with Crippen LogP contribution in [0.25, 0.3) is 0 Å². The van der Waals surface area contributed by atoms with Crippen LogP contribution in [-0.2, 0) is 16.0 Å². The summed E-state index contributed by atoms with van der Waals surface area (Å²) in [7, 11) is 1.31. The molecule has 0 fully saturated rings. The fourth-order valence-electron chi connectivity index (χ4n) is 1.06. The van der Waals surface area contributed by atoms with Crippen LogP contribution in [0, 0.1) is 11.3 Å². The zero-order chi connectivity index (χ0) is 11.4. The number of esters is 1. The van der Waals surface area contributed by atoms with E-state index in [0.717, 1.165) is 0 Å². The van der Waals surface area contributed by atoms with Gasteiger partial charge in [-0.05, 0) is 17.7 Å². The summed E-state index contributed by atoms with van der Waals surface area (Å²) in [5.74, 6) is -0.378. The van der Waals surface area contributed by atoms with Crippen molar-refractivity contribution < 1.29 is 9.53 Å². The molecule has 1 aromatic carbocycles. The number of benzene rings is 1. The fraction of sp³-hybridized carbons (Fsp3) is 0.200. The van der Waals surface area contributed by atoms with Gasteiger partial charge in [0.25, 0.3) is 0 Å². The third-order valence-electron chi connectivity index (χ3n) is 1.85. The number of hydrogen-bond acceptors (Lipinski definition) is 4. The van der Waals surface area contributed by atoms with E-state index in [1.54, 1.807) is 12.1 Å². The van der Waals surface area contributed by atoms with Gasteiger partial charge in [0.05, 0.1) is 24.1 Å².